The van der Waals surface area contributed by atoms with Gasteiger partial charge in [0.1, 0.15) is 17.4 Å². The number of hydrogen-bond donors (Lipinski definition) is 1. The highest BCUT2D eigenvalue weighted by atomic mass is 32.1. The predicted molar refractivity (Wildman–Crippen MR) is 111 cm³/mol. The van der Waals surface area contributed by atoms with Gasteiger partial charge in [-0.1, -0.05) is 6.07 Å². The van der Waals surface area contributed by atoms with Crippen LogP contribution in [-0.4, -0.2) is 27.9 Å². The number of ether oxygens (including phenoxy) is 1. The van der Waals surface area contributed by atoms with Gasteiger partial charge in [0, 0.05) is 19.0 Å². The molecule has 0 radical (unpaired) electrons. The van der Waals surface area contributed by atoms with E-state index in [-0.39, 0.29) is 5.56 Å². The molecule has 2 N–H and O–H groups in total. The van der Waals surface area contributed by atoms with Crippen LogP contribution >= 0.6 is 11.3 Å². The third kappa shape index (κ3) is 3.29. The molecule has 0 saturated heterocycles. The average Bonchev–Trinajstić information content (AvgIpc) is 3.14. The average molecular weight is 398 g/mol. The first-order valence-corrected chi connectivity index (χ1v) is 10.1. The van der Waals surface area contributed by atoms with E-state index in [1.54, 1.807) is 7.05 Å². The summed E-state index contributed by atoms with van der Waals surface area (Å²) in [4.78, 5) is 19.6. The number of aryl methyl sites for hydroxylation is 2. The van der Waals surface area contributed by atoms with Crippen molar-refractivity contribution in [2.45, 2.75) is 26.9 Å². The molecule has 2 aromatic heterocycles. The zero-order valence-corrected chi connectivity index (χ0v) is 17.0. The van der Waals surface area contributed by atoms with Crippen LogP contribution < -0.4 is 20.9 Å². The molecule has 0 unspecified atom stereocenters. The molecule has 1 aliphatic rings. The lowest BCUT2D eigenvalue weighted by molar-refractivity contribution is 0.306. The molecule has 3 aromatic rings. The number of nitrogens with two attached hydrogens (primary N) is 1. The van der Waals surface area contributed by atoms with E-state index in [9.17, 15) is 4.79 Å². The Bertz CT molecular complexity index is 1090. The number of benzene rings is 1. The van der Waals surface area contributed by atoms with Gasteiger partial charge >= 0.3 is 0 Å². The van der Waals surface area contributed by atoms with Crippen molar-refractivity contribution in [2.24, 2.45) is 12.8 Å². The highest BCUT2D eigenvalue weighted by molar-refractivity contribution is 7.13. The molecule has 7 nitrogen and oxygen atoms in total. The molecule has 28 heavy (non-hydrogen) atoms. The second kappa shape index (κ2) is 7.37. The zero-order chi connectivity index (χ0) is 19.8. The molecule has 146 valence electrons. The summed E-state index contributed by atoms with van der Waals surface area (Å²) in [5, 5.41) is 7.01. The van der Waals surface area contributed by atoms with Crippen LogP contribution in [0.3, 0.4) is 0 Å². The number of rotatable bonds is 4. The van der Waals surface area contributed by atoms with E-state index in [1.165, 1.54) is 16.0 Å². The van der Waals surface area contributed by atoms with Crippen LogP contribution in [0.15, 0.2) is 28.4 Å². The third-order valence-electron chi connectivity index (χ3n) is 5.06. The lowest BCUT2D eigenvalue weighted by atomic mass is 10.1. The predicted octanol–water partition coefficient (Wildman–Crippen LogP) is 2.38. The quantitative estimate of drug-likeness (QED) is 0.727. The molecule has 4 rings (SSSR count). The molecule has 8 heteroatoms. The van der Waals surface area contributed by atoms with Gasteiger partial charge in [-0.15, -0.1) is 11.3 Å². The molecule has 0 aliphatic carbocycles. The third-order valence-corrected chi connectivity index (χ3v) is 5.97. The first kappa shape index (κ1) is 18.6. The highest BCUT2D eigenvalue weighted by Gasteiger charge is 2.21. The molecule has 1 aromatic carbocycles. The minimum Gasteiger partial charge on any atom is -0.490 e. The summed E-state index contributed by atoms with van der Waals surface area (Å²) in [6.07, 6.45) is 0. The second-order valence-electron chi connectivity index (χ2n) is 6.93. The lowest BCUT2D eigenvalue weighted by Gasteiger charge is -2.31. The van der Waals surface area contributed by atoms with Crippen LogP contribution in [0.5, 0.6) is 5.75 Å². The summed E-state index contributed by atoms with van der Waals surface area (Å²) in [6, 6.07) is 6.08. The van der Waals surface area contributed by atoms with Crippen molar-refractivity contribution >= 4 is 17.0 Å². The summed E-state index contributed by atoms with van der Waals surface area (Å²) in [5.74, 6) is 0.860. The summed E-state index contributed by atoms with van der Waals surface area (Å²) >= 11 is 1.50. The number of fused-ring (bicyclic) bond motifs is 1. The molecule has 1 aliphatic heterocycles. The Hall–Kier alpha value is -2.71. The number of anilines is 1. The smallest absolute Gasteiger partial charge is 0.277 e. The van der Waals surface area contributed by atoms with Crippen molar-refractivity contribution in [1.82, 2.24) is 14.8 Å². The number of aromatic nitrogens is 3. The summed E-state index contributed by atoms with van der Waals surface area (Å²) < 4.78 is 7.18. The first-order chi connectivity index (χ1) is 13.5. The van der Waals surface area contributed by atoms with Gasteiger partial charge in [-0.05, 0) is 37.1 Å². The van der Waals surface area contributed by atoms with Crippen molar-refractivity contribution in [3.63, 3.8) is 0 Å². The Morgan fingerprint density at radius 3 is 2.93 bits per heavy atom. The maximum absolute atomic E-state index is 12.6. The highest BCUT2D eigenvalue weighted by Crippen LogP contribution is 2.34. The lowest BCUT2D eigenvalue weighted by Crippen LogP contribution is -2.32. The molecule has 0 bridgehead atoms. The van der Waals surface area contributed by atoms with Crippen molar-refractivity contribution < 1.29 is 4.74 Å². The van der Waals surface area contributed by atoms with Gasteiger partial charge in [0.2, 0.25) is 0 Å². The Morgan fingerprint density at radius 2 is 2.14 bits per heavy atom. The van der Waals surface area contributed by atoms with E-state index in [0.29, 0.717) is 25.3 Å². The number of hydrogen-bond acceptors (Lipinski definition) is 7. The molecule has 0 fully saturated rings. The van der Waals surface area contributed by atoms with E-state index in [2.05, 4.69) is 16.1 Å². The standard InChI is InChI=1S/C20H23N5O2S/c1-12-13(2)23-24(3)20(26)18(12)19-22-15(11-28-19)10-25-6-7-27-17-8-14(9-21)4-5-16(17)25/h4-5,8,11H,6-7,9-10,21H2,1-3H3. The Kier molecular flexibility index (Phi) is 4.91. The van der Waals surface area contributed by atoms with Gasteiger partial charge in [0.05, 0.1) is 35.7 Å². The summed E-state index contributed by atoms with van der Waals surface area (Å²) in [6.45, 7) is 6.41. The summed E-state index contributed by atoms with van der Waals surface area (Å²) in [5.41, 5.74) is 11.0. The van der Waals surface area contributed by atoms with Gasteiger partial charge in [0.15, 0.2) is 0 Å². The van der Waals surface area contributed by atoms with Gasteiger partial charge in [-0.25, -0.2) is 9.67 Å². The van der Waals surface area contributed by atoms with Crippen LogP contribution in [0.2, 0.25) is 0 Å². The Labute approximate surface area is 167 Å². The SMILES string of the molecule is Cc1nn(C)c(=O)c(-c2nc(CN3CCOc4cc(CN)ccc43)cs2)c1C. The van der Waals surface area contributed by atoms with Gasteiger partial charge < -0.3 is 15.4 Å². The van der Waals surface area contributed by atoms with Crippen molar-refractivity contribution in [1.29, 1.82) is 0 Å². The Balaban J connectivity index is 1.64. The zero-order valence-electron chi connectivity index (χ0n) is 16.2. The van der Waals surface area contributed by atoms with E-state index < -0.39 is 0 Å². The largest absolute Gasteiger partial charge is 0.490 e. The van der Waals surface area contributed by atoms with Gasteiger partial charge in [0.25, 0.3) is 5.56 Å². The van der Waals surface area contributed by atoms with Crippen molar-refractivity contribution in [3.8, 4) is 16.3 Å². The maximum atomic E-state index is 12.6. The number of thiazole rings is 1. The topological polar surface area (TPSA) is 86.3 Å². The van der Waals surface area contributed by atoms with Crippen LogP contribution in [0.25, 0.3) is 10.6 Å². The normalized spacial score (nSPS) is 13.4. The fourth-order valence-electron chi connectivity index (χ4n) is 3.40. The van der Waals surface area contributed by atoms with E-state index in [1.807, 2.05) is 31.4 Å². The molecule has 0 saturated carbocycles. The van der Waals surface area contributed by atoms with Crippen LogP contribution in [-0.2, 0) is 20.1 Å². The van der Waals surface area contributed by atoms with E-state index in [4.69, 9.17) is 15.5 Å². The van der Waals surface area contributed by atoms with Gasteiger partial charge in [-0.2, -0.15) is 5.10 Å². The molecule has 3 heterocycles. The van der Waals surface area contributed by atoms with E-state index in [0.717, 1.165) is 45.5 Å². The monoisotopic (exact) mass is 397 g/mol. The first-order valence-electron chi connectivity index (χ1n) is 9.18. The van der Waals surface area contributed by atoms with Crippen molar-refractivity contribution in [2.75, 3.05) is 18.1 Å². The minimum atomic E-state index is -0.116. The second-order valence-corrected chi connectivity index (χ2v) is 7.79. The maximum Gasteiger partial charge on any atom is 0.277 e. The molecular formula is C20H23N5O2S. The van der Waals surface area contributed by atoms with Crippen LogP contribution in [0.4, 0.5) is 5.69 Å². The van der Waals surface area contributed by atoms with Gasteiger partial charge in [-0.3, -0.25) is 4.79 Å². The molecule has 0 spiro atoms. The van der Waals surface area contributed by atoms with E-state index >= 15 is 0 Å². The fraction of sp³-hybridized carbons (Fsp3) is 0.350. The van der Waals surface area contributed by atoms with Crippen LogP contribution in [0.1, 0.15) is 22.5 Å². The van der Waals surface area contributed by atoms with Crippen molar-refractivity contribution in [3.05, 3.63) is 56.4 Å². The fourth-order valence-corrected chi connectivity index (χ4v) is 4.31. The molecule has 0 amide bonds. The van der Waals surface area contributed by atoms with Crippen LogP contribution in [0, 0.1) is 13.8 Å². The molecular weight excluding hydrogens is 374 g/mol. The Morgan fingerprint density at radius 1 is 1.32 bits per heavy atom. The minimum absolute atomic E-state index is 0.116. The summed E-state index contributed by atoms with van der Waals surface area (Å²) in [7, 11) is 1.67. The number of nitrogens with zero attached hydrogens (tertiary/aromatic N) is 4. The molecule has 0 atom stereocenters.